The first-order valence-electron chi connectivity index (χ1n) is 8.18. The van der Waals surface area contributed by atoms with E-state index >= 15 is 0 Å². The zero-order valence-corrected chi connectivity index (χ0v) is 14.8. The molecule has 1 saturated carbocycles. The molecule has 1 aromatic heterocycles. The Hall–Kier alpha value is -0.420. The molecule has 1 aliphatic carbocycles. The number of ether oxygens (including phenoxy) is 1. The molecule has 3 nitrogen and oxygen atoms in total. The Balaban J connectivity index is 1.94. The molecule has 1 unspecified atom stereocenters. The zero-order valence-electron chi connectivity index (χ0n) is 13.9. The van der Waals surface area contributed by atoms with Crippen molar-refractivity contribution in [3.8, 4) is 0 Å². The number of hydrogen-bond acceptors (Lipinski definition) is 4. The highest BCUT2D eigenvalue weighted by molar-refractivity contribution is 7.12. The molecule has 1 aliphatic rings. The van der Waals surface area contributed by atoms with Crippen LogP contribution in [0.25, 0.3) is 0 Å². The quantitative estimate of drug-likeness (QED) is 0.715. The van der Waals surface area contributed by atoms with Crippen molar-refractivity contribution in [1.29, 1.82) is 0 Å². The fraction of sp³-hybridized carbons (Fsp3) is 0.765. The predicted molar refractivity (Wildman–Crippen MR) is 91.0 cm³/mol. The Kier molecular flexibility index (Phi) is 6.68. The summed E-state index contributed by atoms with van der Waals surface area (Å²) in [5, 5.41) is 3.61. The number of rotatable bonds is 10. The van der Waals surface area contributed by atoms with Crippen molar-refractivity contribution >= 4 is 11.3 Å². The van der Waals surface area contributed by atoms with Gasteiger partial charge in [-0.3, -0.25) is 4.90 Å². The van der Waals surface area contributed by atoms with Crippen molar-refractivity contribution in [3.05, 3.63) is 21.4 Å². The topological polar surface area (TPSA) is 24.5 Å². The minimum Gasteiger partial charge on any atom is -0.383 e. The van der Waals surface area contributed by atoms with Gasteiger partial charge in [-0.1, -0.05) is 6.92 Å². The third-order valence-corrected chi connectivity index (χ3v) is 5.48. The minimum absolute atomic E-state index is 0.604. The van der Waals surface area contributed by atoms with E-state index in [1.807, 2.05) is 11.3 Å². The van der Waals surface area contributed by atoms with E-state index < -0.39 is 0 Å². The highest BCUT2D eigenvalue weighted by Gasteiger charge is 2.21. The summed E-state index contributed by atoms with van der Waals surface area (Å²) in [5.41, 5.74) is 1.49. The van der Waals surface area contributed by atoms with Crippen LogP contribution in [0.4, 0.5) is 0 Å². The van der Waals surface area contributed by atoms with Crippen molar-refractivity contribution in [2.75, 3.05) is 20.3 Å². The van der Waals surface area contributed by atoms with Crippen molar-refractivity contribution in [1.82, 2.24) is 10.2 Å². The van der Waals surface area contributed by atoms with Gasteiger partial charge in [0.05, 0.1) is 6.61 Å². The Morgan fingerprint density at radius 1 is 1.48 bits per heavy atom. The van der Waals surface area contributed by atoms with E-state index in [0.29, 0.717) is 6.04 Å². The van der Waals surface area contributed by atoms with Crippen LogP contribution in [0.5, 0.6) is 0 Å². The molecule has 21 heavy (non-hydrogen) atoms. The summed E-state index contributed by atoms with van der Waals surface area (Å²) < 4.78 is 5.26. The Morgan fingerprint density at radius 3 is 2.86 bits per heavy atom. The molecule has 0 saturated heterocycles. The lowest BCUT2D eigenvalue weighted by molar-refractivity contribution is 0.118. The van der Waals surface area contributed by atoms with E-state index in [2.05, 4.69) is 37.1 Å². The summed E-state index contributed by atoms with van der Waals surface area (Å²) in [7, 11) is 1.78. The molecule has 1 heterocycles. The number of methoxy groups -OCH3 is 1. The molecular formula is C17H30N2OS. The van der Waals surface area contributed by atoms with Crippen molar-refractivity contribution in [3.63, 3.8) is 0 Å². The van der Waals surface area contributed by atoms with Crippen molar-refractivity contribution in [2.45, 2.75) is 65.2 Å². The Morgan fingerprint density at radius 2 is 2.24 bits per heavy atom. The van der Waals surface area contributed by atoms with Crippen LogP contribution < -0.4 is 5.32 Å². The average molecular weight is 311 g/mol. The third-order valence-electron chi connectivity index (χ3n) is 4.38. The average Bonchev–Trinajstić information content (AvgIpc) is 3.25. The molecule has 0 amide bonds. The molecule has 1 atom stereocenters. The first-order valence-corrected chi connectivity index (χ1v) is 9.00. The molecule has 0 aromatic carbocycles. The molecule has 0 spiro atoms. The third kappa shape index (κ3) is 5.37. The number of hydrogen-bond donors (Lipinski definition) is 1. The fourth-order valence-electron chi connectivity index (χ4n) is 2.50. The lowest BCUT2D eigenvalue weighted by atomic mass is 10.1. The molecule has 4 heteroatoms. The van der Waals surface area contributed by atoms with E-state index in [0.717, 1.165) is 32.3 Å². The lowest BCUT2D eigenvalue weighted by Crippen LogP contribution is -2.34. The maximum absolute atomic E-state index is 5.26. The molecular weight excluding hydrogens is 280 g/mol. The molecule has 120 valence electrons. The first kappa shape index (κ1) is 16.9. The van der Waals surface area contributed by atoms with Gasteiger partial charge >= 0.3 is 0 Å². The van der Waals surface area contributed by atoms with Crippen LogP contribution in [0.1, 0.15) is 48.4 Å². The number of nitrogens with one attached hydrogen (secondary N) is 1. The molecule has 1 N–H and O–H groups in total. The SMILES string of the molecule is CCC(C)N(CCOC)Cc1cc(CNC2CC2)sc1C. The van der Waals surface area contributed by atoms with Gasteiger partial charge in [-0.25, -0.2) is 0 Å². The molecule has 1 aromatic rings. The van der Waals surface area contributed by atoms with Crippen LogP contribution in [-0.4, -0.2) is 37.2 Å². The van der Waals surface area contributed by atoms with Crippen molar-refractivity contribution in [2.24, 2.45) is 0 Å². The lowest BCUT2D eigenvalue weighted by Gasteiger charge is -2.28. The maximum atomic E-state index is 5.26. The van der Waals surface area contributed by atoms with E-state index in [4.69, 9.17) is 4.74 Å². The second-order valence-corrected chi connectivity index (χ2v) is 7.51. The molecule has 0 bridgehead atoms. The smallest absolute Gasteiger partial charge is 0.0589 e. The second-order valence-electron chi connectivity index (χ2n) is 6.17. The molecule has 0 radical (unpaired) electrons. The van der Waals surface area contributed by atoms with Gasteiger partial charge in [0, 0.05) is 48.6 Å². The van der Waals surface area contributed by atoms with Gasteiger partial charge in [-0.2, -0.15) is 0 Å². The summed E-state index contributed by atoms with van der Waals surface area (Å²) >= 11 is 1.95. The van der Waals surface area contributed by atoms with Crippen LogP contribution in [0.15, 0.2) is 6.07 Å². The zero-order chi connectivity index (χ0) is 15.2. The van der Waals surface area contributed by atoms with Gasteiger partial charge in [0.1, 0.15) is 0 Å². The summed E-state index contributed by atoms with van der Waals surface area (Å²) in [6, 6.07) is 3.79. The normalized spacial score (nSPS) is 16.6. The van der Waals surface area contributed by atoms with Gasteiger partial charge in [0.15, 0.2) is 0 Å². The van der Waals surface area contributed by atoms with Gasteiger partial charge in [-0.15, -0.1) is 11.3 Å². The summed E-state index contributed by atoms with van der Waals surface area (Å²) in [5.74, 6) is 0. The highest BCUT2D eigenvalue weighted by Crippen LogP contribution is 2.25. The summed E-state index contributed by atoms with van der Waals surface area (Å²) in [6.45, 7) is 10.7. The highest BCUT2D eigenvalue weighted by atomic mass is 32.1. The number of nitrogens with zero attached hydrogens (tertiary/aromatic N) is 1. The van der Waals surface area contributed by atoms with Crippen LogP contribution in [0.2, 0.25) is 0 Å². The van der Waals surface area contributed by atoms with E-state index in [-0.39, 0.29) is 0 Å². The van der Waals surface area contributed by atoms with Crippen LogP contribution in [-0.2, 0) is 17.8 Å². The maximum Gasteiger partial charge on any atom is 0.0589 e. The predicted octanol–water partition coefficient (Wildman–Crippen LogP) is 3.56. The number of thiophene rings is 1. The fourth-order valence-corrected chi connectivity index (χ4v) is 3.51. The van der Waals surface area contributed by atoms with Crippen LogP contribution in [0, 0.1) is 6.92 Å². The van der Waals surface area contributed by atoms with E-state index in [9.17, 15) is 0 Å². The van der Waals surface area contributed by atoms with E-state index in [1.54, 1.807) is 7.11 Å². The Bertz CT molecular complexity index is 428. The van der Waals surface area contributed by atoms with Gasteiger partial charge in [0.25, 0.3) is 0 Å². The number of aryl methyl sites for hydroxylation is 1. The summed E-state index contributed by atoms with van der Waals surface area (Å²) in [4.78, 5) is 5.48. The van der Waals surface area contributed by atoms with Crippen LogP contribution in [0.3, 0.4) is 0 Å². The first-order chi connectivity index (χ1) is 10.1. The van der Waals surface area contributed by atoms with Gasteiger partial charge in [0.2, 0.25) is 0 Å². The second kappa shape index (κ2) is 8.28. The van der Waals surface area contributed by atoms with E-state index in [1.165, 1.54) is 34.6 Å². The van der Waals surface area contributed by atoms with Crippen molar-refractivity contribution < 1.29 is 4.74 Å². The summed E-state index contributed by atoms with van der Waals surface area (Å²) in [6.07, 6.45) is 3.90. The Labute approximate surface area is 133 Å². The standard InChI is InChI=1S/C17H30N2OS/c1-5-13(2)19(8-9-20-4)12-15-10-17(21-14(15)3)11-18-16-6-7-16/h10,13,16,18H,5-9,11-12H2,1-4H3. The monoisotopic (exact) mass is 310 g/mol. The van der Waals surface area contributed by atoms with Crippen LogP contribution >= 0.6 is 11.3 Å². The molecule has 0 aliphatic heterocycles. The molecule has 1 fully saturated rings. The molecule has 2 rings (SSSR count). The van der Waals surface area contributed by atoms with Gasteiger partial charge < -0.3 is 10.1 Å². The largest absolute Gasteiger partial charge is 0.383 e. The van der Waals surface area contributed by atoms with Gasteiger partial charge in [-0.05, 0) is 44.7 Å². The minimum atomic E-state index is 0.604.